The molecule has 0 saturated carbocycles. The molecule has 1 aromatic carbocycles. The van der Waals surface area contributed by atoms with Crippen LogP contribution in [0, 0.1) is 40.9 Å². The van der Waals surface area contributed by atoms with Gasteiger partial charge in [-0.3, -0.25) is 4.90 Å². The summed E-state index contributed by atoms with van der Waals surface area (Å²) in [4.78, 5) is 5.28. The molecule has 0 radical (unpaired) electrons. The molecule has 0 unspecified atom stereocenters. The third kappa shape index (κ3) is 4.17. The summed E-state index contributed by atoms with van der Waals surface area (Å²) in [6.07, 6.45) is 3.13. The topological polar surface area (TPSA) is 127 Å². The minimum absolute atomic E-state index is 0.0758. The first-order valence-electron chi connectivity index (χ1n) is 9.71. The molecule has 3 rings (SSSR count). The Morgan fingerprint density at radius 3 is 2.30 bits per heavy atom. The quantitative estimate of drug-likeness (QED) is 0.733. The van der Waals surface area contributed by atoms with Crippen molar-refractivity contribution < 1.29 is 4.98 Å². The zero-order valence-corrected chi connectivity index (χ0v) is 17.5. The van der Waals surface area contributed by atoms with Gasteiger partial charge >= 0.3 is 0 Å². The molecule has 7 nitrogen and oxygen atoms in total. The summed E-state index contributed by atoms with van der Waals surface area (Å²) < 4.78 is 0. The molecule has 0 aliphatic carbocycles. The molecular formula is C22H22N7S+. The van der Waals surface area contributed by atoms with Crippen LogP contribution >= 0.6 is 12.2 Å². The number of nitrogens with two attached hydrogens (primary N) is 1. The number of nitrogen functional groups attached to an aromatic ring is 1. The van der Waals surface area contributed by atoms with Crippen molar-refractivity contribution >= 4 is 34.5 Å². The molecule has 1 atom stereocenters. The van der Waals surface area contributed by atoms with Crippen LogP contribution in [0.2, 0.25) is 0 Å². The van der Waals surface area contributed by atoms with Gasteiger partial charge in [0.2, 0.25) is 11.6 Å². The molecule has 2 aromatic rings. The van der Waals surface area contributed by atoms with Gasteiger partial charge in [-0.15, -0.1) is 0 Å². The normalized spacial score (nSPS) is 14.1. The van der Waals surface area contributed by atoms with E-state index in [1.54, 1.807) is 0 Å². The average molecular weight is 417 g/mol. The molecule has 8 heteroatoms. The lowest BCUT2D eigenvalue weighted by atomic mass is 9.91. The van der Waals surface area contributed by atoms with Crippen molar-refractivity contribution in [2.24, 2.45) is 0 Å². The summed E-state index contributed by atoms with van der Waals surface area (Å²) in [7, 11) is 0. The van der Waals surface area contributed by atoms with Crippen molar-refractivity contribution in [3.63, 3.8) is 0 Å². The Kier molecular flexibility index (Phi) is 6.47. The predicted octanol–water partition coefficient (Wildman–Crippen LogP) is 3.17. The number of hydrogen-bond donors (Lipinski definition) is 2. The predicted molar refractivity (Wildman–Crippen MR) is 119 cm³/mol. The number of anilines is 3. The van der Waals surface area contributed by atoms with Gasteiger partial charge in [-0.25, -0.2) is 4.98 Å². The Labute approximate surface area is 181 Å². The maximum Gasteiger partial charge on any atom is 0.240 e. The minimum atomic E-state index is -0.994. The standard InChI is InChI=1S/C22H21N7S/c1-14-5-7-15(8-6-14)27-22(30)18(13-25)19-16(11-23)20(26)28-21(17(19)12-24)29-9-3-2-4-10-29/h5-8,18H,2-4,9-10H2,1H3,(H2,26,28)(H,27,30)/p+1/t18-/m1/s1. The molecule has 0 bridgehead atoms. The molecule has 2 heterocycles. The van der Waals surface area contributed by atoms with Crippen molar-refractivity contribution in [2.75, 3.05) is 29.0 Å². The molecule has 1 aliphatic heterocycles. The van der Waals surface area contributed by atoms with Gasteiger partial charge in [0, 0.05) is 11.3 Å². The first kappa shape index (κ1) is 21.0. The highest BCUT2D eigenvalue weighted by Gasteiger charge is 2.33. The molecule has 150 valence electrons. The maximum absolute atomic E-state index is 9.97. The van der Waals surface area contributed by atoms with Crippen LogP contribution in [-0.2, 0) is 0 Å². The van der Waals surface area contributed by atoms with E-state index in [9.17, 15) is 15.8 Å². The number of thiocarbonyl (C=S) groups is 1. The molecule has 1 aromatic heterocycles. The smallest absolute Gasteiger partial charge is 0.240 e. The van der Waals surface area contributed by atoms with E-state index in [2.05, 4.69) is 22.4 Å². The Bertz CT molecular complexity index is 1080. The van der Waals surface area contributed by atoms with Crippen LogP contribution in [-0.4, -0.2) is 18.1 Å². The number of hydrogen-bond acceptors (Lipinski definition) is 6. The van der Waals surface area contributed by atoms with Crippen molar-refractivity contribution in [1.29, 1.82) is 15.8 Å². The Morgan fingerprint density at radius 2 is 1.73 bits per heavy atom. The number of pyridine rings is 1. The Balaban J connectivity index is 2.09. The van der Waals surface area contributed by atoms with Crippen molar-refractivity contribution in [3.05, 3.63) is 46.5 Å². The largest absolute Gasteiger partial charge is 0.349 e. The van der Waals surface area contributed by atoms with E-state index >= 15 is 0 Å². The van der Waals surface area contributed by atoms with Gasteiger partial charge in [-0.2, -0.15) is 15.8 Å². The van der Waals surface area contributed by atoms with Gasteiger partial charge in [0.15, 0.2) is 0 Å². The van der Waals surface area contributed by atoms with E-state index in [1.165, 1.54) is 0 Å². The van der Waals surface area contributed by atoms with Gasteiger partial charge in [0.25, 0.3) is 0 Å². The number of nitrogens with one attached hydrogen (secondary N) is 2. The summed E-state index contributed by atoms with van der Waals surface area (Å²) in [6.45, 7) is 3.53. The second-order valence-corrected chi connectivity index (χ2v) is 7.68. The summed E-state index contributed by atoms with van der Waals surface area (Å²) in [5, 5.41) is 32.7. The van der Waals surface area contributed by atoms with Crippen molar-refractivity contribution in [2.45, 2.75) is 32.1 Å². The van der Waals surface area contributed by atoms with Crippen LogP contribution in [0.5, 0.6) is 0 Å². The number of piperidine rings is 1. The molecule has 4 N–H and O–H groups in total. The number of aromatic nitrogens is 1. The SMILES string of the molecule is Cc1ccc(NC(=S)[C@H](C#N)c2c(C#N)c(N)[nH+]c(N3CCCCC3)c2C#N)cc1. The first-order chi connectivity index (χ1) is 14.5. The minimum Gasteiger partial charge on any atom is -0.349 e. The van der Waals surface area contributed by atoms with Crippen molar-refractivity contribution in [1.82, 2.24) is 0 Å². The highest BCUT2D eigenvalue weighted by Crippen LogP contribution is 2.32. The van der Waals surface area contributed by atoms with E-state index in [0.29, 0.717) is 5.82 Å². The highest BCUT2D eigenvalue weighted by molar-refractivity contribution is 7.80. The molecule has 30 heavy (non-hydrogen) atoms. The fourth-order valence-electron chi connectivity index (χ4n) is 3.63. The molecule has 1 aliphatic rings. The number of nitrogens with zero attached hydrogens (tertiary/aromatic N) is 4. The Morgan fingerprint density at radius 1 is 1.10 bits per heavy atom. The summed E-state index contributed by atoms with van der Waals surface area (Å²) in [5.74, 6) is -0.321. The molecular weight excluding hydrogens is 394 g/mol. The van der Waals surface area contributed by atoms with Gasteiger partial charge in [0.05, 0.1) is 19.2 Å². The third-order valence-corrected chi connectivity index (χ3v) is 5.53. The average Bonchev–Trinajstić information content (AvgIpc) is 2.76. The van der Waals surface area contributed by atoms with E-state index in [4.69, 9.17) is 18.0 Å². The van der Waals surface area contributed by atoms with Crippen LogP contribution in [0.25, 0.3) is 0 Å². The maximum atomic E-state index is 9.97. The second kappa shape index (κ2) is 9.22. The van der Waals surface area contributed by atoms with Crippen LogP contribution in [0.15, 0.2) is 24.3 Å². The lowest BCUT2D eigenvalue weighted by molar-refractivity contribution is -0.347. The second-order valence-electron chi connectivity index (χ2n) is 7.24. The van der Waals surface area contributed by atoms with Gasteiger partial charge in [-0.1, -0.05) is 29.9 Å². The zero-order valence-electron chi connectivity index (χ0n) is 16.7. The van der Waals surface area contributed by atoms with Crippen molar-refractivity contribution in [3.8, 4) is 18.2 Å². The van der Waals surface area contributed by atoms with Crippen LogP contribution < -0.4 is 20.9 Å². The molecule has 1 fully saturated rings. The zero-order chi connectivity index (χ0) is 21.7. The number of aromatic amines is 1. The highest BCUT2D eigenvalue weighted by atomic mass is 32.1. The number of H-pyrrole nitrogens is 1. The molecule has 0 amide bonds. The number of nitriles is 3. The van der Waals surface area contributed by atoms with E-state index in [1.807, 2.05) is 42.2 Å². The van der Waals surface area contributed by atoms with Gasteiger partial charge < -0.3 is 11.1 Å². The van der Waals surface area contributed by atoms with Gasteiger partial charge in [-0.05, 0) is 38.3 Å². The number of rotatable bonds is 4. The van der Waals surface area contributed by atoms with E-state index < -0.39 is 5.92 Å². The van der Waals surface area contributed by atoms with E-state index in [-0.39, 0.29) is 27.5 Å². The van der Waals surface area contributed by atoms with Gasteiger partial charge in [0.1, 0.15) is 34.2 Å². The molecule has 1 saturated heterocycles. The van der Waals surface area contributed by atoms with Crippen LogP contribution in [0.4, 0.5) is 17.3 Å². The van der Waals surface area contributed by atoms with Crippen LogP contribution in [0.1, 0.15) is 47.4 Å². The van der Waals surface area contributed by atoms with Crippen LogP contribution in [0.3, 0.4) is 0 Å². The molecule has 0 spiro atoms. The monoisotopic (exact) mass is 416 g/mol. The fourth-order valence-corrected chi connectivity index (χ4v) is 3.92. The fraction of sp³-hybridized carbons (Fsp3) is 0.318. The number of benzene rings is 1. The first-order valence-corrected chi connectivity index (χ1v) is 10.1. The Hall–Kier alpha value is -3.67. The lowest BCUT2D eigenvalue weighted by Gasteiger charge is -2.26. The summed E-state index contributed by atoms with van der Waals surface area (Å²) in [5.41, 5.74) is 8.53. The summed E-state index contributed by atoms with van der Waals surface area (Å²) >= 11 is 5.51. The number of aryl methyl sites for hydroxylation is 1. The lowest BCUT2D eigenvalue weighted by Crippen LogP contribution is -2.37. The van der Waals surface area contributed by atoms with E-state index in [0.717, 1.165) is 43.6 Å². The summed E-state index contributed by atoms with van der Waals surface area (Å²) in [6, 6.07) is 14.0. The third-order valence-electron chi connectivity index (χ3n) is 5.19.